The van der Waals surface area contributed by atoms with E-state index in [9.17, 15) is 17.6 Å². The van der Waals surface area contributed by atoms with Crippen LogP contribution >= 0.6 is 0 Å². The molecule has 0 radical (unpaired) electrons. The van der Waals surface area contributed by atoms with Gasteiger partial charge in [0.2, 0.25) is 5.83 Å². The van der Waals surface area contributed by atoms with Gasteiger partial charge < -0.3 is 5.73 Å². The van der Waals surface area contributed by atoms with Gasteiger partial charge in [-0.2, -0.15) is 13.2 Å². The number of hydrogen-bond acceptors (Lipinski definition) is 1. The summed E-state index contributed by atoms with van der Waals surface area (Å²) in [6.45, 7) is 0. The summed E-state index contributed by atoms with van der Waals surface area (Å²) in [6.07, 6.45) is -5.05. The van der Waals surface area contributed by atoms with E-state index in [1.54, 1.807) is 0 Å². The van der Waals surface area contributed by atoms with Crippen molar-refractivity contribution in [1.82, 2.24) is 0 Å². The van der Waals surface area contributed by atoms with Crippen LogP contribution in [0.2, 0.25) is 0 Å². The molecule has 0 fully saturated rings. The largest absolute Gasteiger partial charge is 0.444 e. The number of alkyl halides is 3. The summed E-state index contributed by atoms with van der Waals surface area (Å²) < 4.78 is 44.0. The average Bonchev–Trinajstić information content (AvgIpc) is 1.62. The molecule has 8 heavy (non-hydrogen) atoms. The fourth-order valence-electron chi connectivity index (χ4n) is 0.0945. The standard InChI is InChI=1S/C3H3F4N/c4-2(1-8)3(5,6)7/h1H,8H2/b2-1+. The van der Waals surface area contributed by atoms with E-state index < -0.39 is 12.0 Å². The normalized spacial score (nSPS) is 14.2. The van der Waals surface area contributed by atoms with Gasteiger partial charge in [-0.1, -0.05) is 0 Å². The fourth-order valence-corrected chi connectivity index (χ4v) is 0.0945. The number of nitrogens with two attached hydrogens (primary N) is 1. The van der Waals surface area contributed by atoms with Crippen molar-refractivity contribution in [3.63, 3.8) is 0 Å². The van der Waals surface area contributed by atoms with Crippen molar-refractivity contribution >= 4 is 0 Å². The van der Waals surface area contributed by atoms with Crippen molar-refractivity contribution in [2.45, 2.75) is 6.18 Å². The molecule has 5 heteroatoms. The zero-order chi connectivity index (χ0) is 6.78. The third kappa shape index (κ3) is 1.81. The monoisotopic (exact) mass is 129 g/mol. The second-order valence-electron chi connectivity index (χ2n) is 1.01. The second kappa shape index (κ2) is 2.02. The van der Waals surface area contributed by atoms with E-state index in [1.807, 2.05) is 0 Å². The molecule has 0 saturated heterocycles. The molecule has 0 aliphatic rings. The van der Waals surface area contributed by atoms with Crippen LogP contribution in [-0.4, -0.2) is 6.18 Å². The van der Waals surface area contributed by atoms with Gasteiger partial charge in [0, 0.05) is 6.20 Å². The summed E-state index contributed by atoms with van der Waals surface area (Å²) in [5.41, 5.74) is 4.20. The Balaban J connectivity index is 4.03. The topological polar surface area (TPSA) is 26.0 Å². The second-order valence-corrected chi connectivity index (χ2v) is 1.01. The highest BCUT2D eigenvalue weighted by Gasteiger charge is 2.33. The van der Waals surface area contributed by atoms with Crippen molar-refractivity contribution < 1.29 is 17.6 Å². The van der Waals surface area contributed by atoms with Gasteiger partial charge in [0.05, 0.1) is 0 Å². The van der Waals surface area contributed by atoms with Crippen molar-refractivity contribution in [2.75, 3.05) is 0 Å². The van der Waals surface area contributed by atoms with E-state index in [1.165, 1.54) is 0 Å². The third-order valence-corrected chi connectivity index (χ3v) is 0.417. The van der Waals surface area contributed by atoms with Crippen LogP contribution in [0.5, 0.6) is 0 Å². The SMILES string of the molecule is N/C=C(/F)C(F)(F)F. The lowest BCUT2D eigenvalue weighted by molar-refractivity contribution is -0.109. The predicted octanol–water partition coefficient (Wildman–Crippen LogP) is 1.32. The lowest BCUT2D eigenvalue weighted by Gasteiger charge is -1.98. The van der Waals surface area contributed by atoms with Crippen LogP contribution < -0.4 is 5.73 Å². The highest BCUT2D eigenvalue weighted by molar-refractivity contribution is 4.95. The molecule has 0 amide bonds. The minimum absolute atomic E-state index is 0.125. The van der Waals surface area contributed by atoms with E-state index in [0.29, 0.717) is 0 Å². The zero-order valence-corrected chi connectivity index (χ0v) is 3.67. The Bertz CT molecular complexity index is 102. The summed E-state index contributed by atoms with van der Waals surface area (Å²) in [5.74, 6) is -2.27. The van der Waals surface area contributed by atoms with Crippen LogP contribution in [0.4, 0.5) is 17.6 Å². The number of halogens is 4. The summed E-state index contributed by atoms with van der Waals surface area (Å²) in [5, 5.41) is 0. The number of rotatable bonds is 0. The minimum Gasteiger partial charge on any atom is -0.402 e. The molecular formula is C3H3F4N. The zero-order valence-electron chi connectivity index (χ0n) is 3.67. The Kier molecular flexibility index (Phi) is 1.83. The lowest BCUT2D eigenvalue weighted by Crippen LogP contribution is -2.09. The van der Waals surface area contributed by atoms with E-state index in [2.05, 4.69) is 5.73 Å². The van der Waals surface area contributed by atoms with Crippen LogP contribution in [0.15, 0.2) is 12.0 Å². The fraction of sp³-hybridized carbons (Fsp3) is 0.333. The molecular weight excluding hydrogens is 126 g/mol. The summed E-state index contributed by atoms with van der Waals surface area (Å²) in [4.78, 5) is 0. The maximum atomic E-state index is 11.2. The summed E-state index contributed by atoms with van der Waals surface area (Å²) >= 11 is 0. The van der Waals surface area contributed by atoms with E-state index >= 15 is 0 Å². The highest BCUT2D eigenvalue weighted by atomic mass is 19.4. The smallest absolute Gasteiger partial charge is 0.402 e. The Labute approximate surface area is 42.8 Å². The van der Waals surface area contributed by atoms with Gasteiger partial charge in [0.25, 0.3) is 0 Å². The van der Waals surface area contributed by atoms with Gasteiger partial charge >= 0.3 is 6.18 Å². The van der Waals surface area contributed by atoms with Crippen LogP contribution in [0, 0.1) is 0 Å². The first-order chi connectivity index (χ1) is 3.48. The first kappa shape index (κ1) is 7.26. The van der Waals surface area contributed by atoms with Crippen molar-refractivity contribution in [1.29, 1.82) is 0 Å². The summed E-state index contributed by atoms with van der Waals surface area (Å²) in [7, 11) is 0. The molecule has 0 aromatic carbocycles. The molecule has 0 aromatic rings. The van der Waals surface area contributed by atoms with E-state index in [0.717, 1.165) is 0 Å². The lowest BCUT2D eigenvalue weighted by atomic mass is 10.6. The Morgan fingerprint density at radius 1 is 1.38 bits per heavy atom. The predicted molar refractivity (Wildman–Crippen MR) is 19.4 cm³/mol. The van der Waals surface area contributed by atoms with Gasteiger partial charge in [-0.15, -0.1) is 0 Å². The van der Waals surface area contributed by atoms with Crippen molar-refractivity contribution in [3.05, 3.63) is 12.0 Å². The molecule has 0 aliphatic heterocycles. The molecule has 0 atom stereocenters. The molecule has 0 aliphatic carbocycles. The van der Waals surface area contributed by atoms with Gasteiger partial charge in [0.15, 0.2) is 0 Å². The number of allylic oxidation sites excluding steroid dienone is 1. The third-order valence-electron chi connectivity index (χ3n) is 0.417. The van der Waals surface area contributed by atoms with Gasteiger partial charge in [-0.3, -0.25) is 0 Å². The minimum atomic E-state index is -4.92. The first-order valence-electron chi connectivity index (χ1n) is 1.63. The van der Waals surface area contributed by atoms with Crippen LogP contribution in [0.25, 0.3) is 0 Å². The first-order valence-corrected chi connectivity index (χ1v) is 1.63. The van der Waals surface area contributed by atoms with E-state index in [4.69, 9.17) is 0 Å². The van der Waals surface area contributed by atoms with Gasteiger partial charge in [-0.25, -0.2) is 4.39 Å². The van der Waals surface area contributed by atoms with Crippen molar-refractivity contribution in [3.8, 4) is 0 Å². The molecule has 1 nitrogen and oxygen atoms in total. The molecule has 0 aromatic heterocycles. The van der Waals surface area contributed by atoms with Crippen LogP contribution in [-0.2, 0) is 0 Å². The van der Waals surface area contributed by atoms with Gasteiger partial charge in [0.1, 0.15) is 0 Å². The molecule has 0 rings (SSSR count). The average molecular weight is 129 g/mol. The van der Waals surface area contributed by atoms with Gasteiger partial charge in [-0.05, 0) is 0 Å². The molecule has 2 N–H and O–H groups in total. The maximum Gasteiger partial charge on any atom is 0.444 e. The quantitative estimate of drug-likeness (QED) is 0.490. The number of hydrogen-bond donors (Lipinski definition) is 1. The Morgan fingerprint density at radius 2 is 1.75 bits per heavy atom. The van der Waals surface area contributed by atoms with Crippen molar-refractivity contribution in [2.24, 2.45) is 5.73 Å². The molecule has 0 saturated carbocycles. The molecule has 48 valence electrons. The molecule has 0 bridgehead atoms. The van der Waals surface area contributed by atoms with Crippen LogP contribution in [0.3, 0.4) is 0 Å². The Morgan fingerprint density at radius 3 is 1.75 bits per heavy atom. The van der Waals surface area contributed by atoms with Crippen LogP contribution in [0.1, 0.15) is 0 Å². The molecule has 0 heterocycles. The Hall–Kier alpha value is -0.740. The summed E-state index contributed by atoms with van der Waals surface area (Å²) in [6, 6.07) is 0. The molecule has 0 spiro atoms. The molecule has 0 unspecified atom stereocenters. The maximum absolute atomic E-state index is 11.2. The highest BCUT2D eigenvalue weighted by Crippen LogP contribution is 2.24. The van der Waals surface area contributed by atoms with E-state index in [-0.39, 0.29) is 6.20 Å².